The Kier molecular flexibility index (Phi) is 6.51. The van der Waals surface area contributed by atoms with Gasteiger partial charge in [0.1, 0.15) is 12.3 Å². The molecule has 1 aromatic heterocycles. The van der Waals surface area contributed by atoms with E-state index in [2.05, 4.69) is 5.32 Å². The molecule has 1 atom stereocenters. The van der Waals surface area contributed by atoms with Crippen LogP contribution in [0.2, 0.25) is 0 Å². The standard InChI is InChI=1S/C23H25N3O4/c1-4-30-20-8-6-5-7-19(20)26-14-13-25(22(28)23(26)29)15-21(27)24-17(3)18-11-9-16(2)10-12-18/h5-14,17H,4,15H2,1-3H3,(H,24,27)/t17-/m0/s1. The van der Waals surface area contributed by atoms with Gasteiger partial charge in [0.2, 0.25) is 5.91 Å². The van der Waals surface area contributed by atoms with Gasteiger partial charge in [0, 0.05) is 12.4 Å². The van der Waals surface area contributed by atoms with Crippen molar-refractivity contribution in [1.82, 2.24) is 14.5 Å². The number of carbonyl (C=O) groups excluding carboxylic acids is 1. The second-order valence-electron chi connectivity index (χ2n) is 7.01. The highest BCUT2D eigenvalue weighted by atomic mass is 16.5. The molecule has 3 rings (SSSR count). The van der Waals surface area contributed by atoms with Crippen molar-refractivity contribution in [2.75, 3.05) is 6.61 Å². The largest absolute Gasteiger partial charge is 0.492 e. The van der Waals surface area contributed by atoms with Crippen LogP contribution in [-0.2, 0) is 11.3 Å². The lowest BCUT2D eigenvalue weighted by atomic mass is 10.1. The predicted octanol–water partition coefficient (Wildman–Crippen LogP) is 2.58. The lowest BCUT2D eigenvalue weighted by Gasteiger charge is -2.16. The fraction of sp³-hybridized carbons (Fsp3) is 0.261. The molecule has 7 heteroatoms. The van der Waals surface area contributed by atoms with Gasteiger partial charge in [0.15, 0.2) is 0 Å². The summed E-state index contributed by atoms with van der Waals surface area (Å²) in [6.07, 6.45) is 2.90. The Morgan fingerprint density at radius 2 is 1.73 bits per heavy atom. The third-order valence-corrected chi connectivity index (χ3v) is 4.75. The van der Waals surface area contributed by atoms with Crippen molar-refractivity contribution in [1.29, 1.82) is 0 Å². The molecule has 3 aromatic rings. The first-order chi connectivity index (χ1) is 14.4. The van der Waals surface area contributed by atoms with Crippen LogP contribution in [0, 0.1) is 6.92 Å². The van der Waals surface area contributed by atoms with Gasteiger partial charge in [-0.2, -0.15) is 0 Å². The zero-order chi connectivity index (χ0) is 21.7. The highest BCUT2D eigenvalue weighted by Gasteiger charge is 2.14. The molecule has 0 aliphatic heterocycles. The number of nitrogens with zero attached hydrogens (tertiary/aromatic N) is 2. The maximum Gasteiger partial charge on any atom is 0.321 e. The number of carbonyl (C=O) groups is 1. The van der Waals surface area contributed by atoms with Crippen LogP contribution in [0.4, 0.5) is 0 Å². The van der Waals surface area contributed by atoms with Crippen LogP contribution >= 0.6 is 0 Å². The minimum atomic E-state index is -0.776. The third kappa shape index (κ3) is 4.68. The molecule has 0 bridgehead atoms. The number of para-hydroxylation sites is 2. The van der Waals surface area contributed by atoms with E-state index in [9.17, 15) is 14.4 Å². The van der Waals surface area contributed by atoms with E-state index >= 15 is 0 Å². The molecule has 0 aliphatic rings. The van der Waals surface area contributed by atoms with Crippen LogP contribution in [0.25, 0.3) is 5.69 Å². The summed E-state index contributed by atoms with van der Waals surface area (Å²) in [6, 6.07) is 14.6. The molecule has 0 spiro atoms. The molecule has 7 nitrogen and oxygen atoms in total. The van der Waals surface area contributed by atoms with Crippen LogP contribution < -0.4 is 21.2 Å². The van der Waals surface area contributed by atoms with E-state index in [4.69, 9.17) is 4.74 Å². The lowest BCUT2D eigenvalue weighted by molar-refractivity contribution is -0.122. The maximum atomic E-state index is 12.6. The summed E-state index contributed by atoms with van der Waals surface area (Å²) in [5.41, 5.74) is 1.05. The molecular formula is C23H25N3O4. The Morgan fingerprint density at radius 1 is 1.03 bits per heavy atom. The van der Waals surface area contributed by atoms with Crippen molar-refractivity contribution in [3.05, 3.63) is 92.8 Å². The van der Waals surface area contributed by atoms with Crippen molar-refractivity contribution < 1.29 is 9.53 Å². The topological polar surface area (TPSA) is 82.3 Å². The number of hydrogen-bond acceptors (Lipinski definition) is 4. The zero-order valence-electron chi connectivity index (χ0n) is 17.3. The quantitative estimate of drug-likeness (QED) is 0.611. The fourth-order valence-corrected chi connectivity index (χ4v) is 3.14. The lowest BCUT2D eigenvalue weighted by Crippen LogP contribution is -2.42. The van der Waals surface area contributed by atoms with E-state index < -0.39 is 11.1 Å². The predicted molar refractivity (Wildman–Crippen MR) is 115 cm³/mol. The van der Waals surface area contributed by atoms with Crippen LogP contribution in [0.1, 0.15) is 31.0 Å². The highest BCUT2D eigenvalue weighted by Crippen LogP contribution is 2.20. The Morgan fingerprint density at radius 3 is 2.43 bits per heavy atom. The number of aryl methyl sites for hydroxylation is 1. The van der Waals surface area contributed by atoms with Gasteiger partial charge in [0.25, 0.3) is 0 Å². The van der Waals surface area contributed by atoms with Crippen LogP contribution in [0.15, 0.2) is 70.5 Å². The normalized spacial score (nSPS) is 11.7. The summed E-state index contributed by atoms with van der Waals surface area (Å²) in [5.74, 6) is 0.154. The van der Waals surface area contributed by atoms with Gasteiger partial charge in [-0.1, -0.05) is 42.0 Å². The number of nitrogens with one attached hydrogen (secondary N) is 1. The van der Waals surface area contributed by atoms with E-state index in [1.54, 1.807) is 24.3 Å². The molecule has 0 fully saturated rings. The van der Waals surface area contributed by atoms with Gasteiger partial charge in [-0.25, -0.2) is 0 Å². The van der Waals surface area contributed by atoms with E-state index in [1.807, 2.05) is 45.0 Å². The fourth-order valence-electron chi connectivity index (χ4n) is 3.14. The summed E-state index contributed by atoms with van der Waals surface area (Å²) < 4.78 is 7.88. The molecule has 0 saturated carbocycles. The molecule has 0 unspecified atom stereocenters. The summed E-state index contributed by atoms with van der Waals surface area (Å²) >= 11 is 0. The average Bonchev–Trinajstić information content (AvgIpc) is 2.73. The minimum Gasteiger partial charge on any atom is -0.492 e. The van der Waals surface area contributed by atoms with E-state index in [0.29, 0.717) is 18.0 Å². The van der Waals surface area contributed by atoms with Crippen LogP contribution in [0.5, 0.6) is 5.75 Å². The summed E-state index contributed by atoms with van der Waals surface area (Å²) in [4.78, 5) is 37.6. The monoisotopic (exact) mass is 407 g/mol. The minimum absolute atomic E-state index is 0.216. The number of amides is 1. The second kappa shape index (κ2) is 9.26. The zero-order valence-corrected chi connectivity index (χ0v) is 17.3. The SMILES string of the molecule is CCOc1ccccc1-n1ccn(CC(=O)N[C@@H](C)c2ccc(C)cc2)c(=O)c1=O. The van der Waals surface area contributed by atoms with Crippen LogP contribution in [0.3, 0.4) is 0 Å². The molecule has 1 amide bonds. The summed E-state index contributed by atoms with van der Waals surface area (Å²) in [6.45, 7) is 5.90. The molecule has 0 aliphatic carbocycles. The Hall–Kier alpha value is -3.61. The smallest absolute Gasteiger partial charge is 0.321 e. The molecule has 1 N–H and O–H groups in total. The molecule has 156 valence electrons. The van der Waals surface area contributed by atoms with E-state index in [1.165, 1.54) is 17.0 Å². The molecule has 0 radical (unpaired) electrons. The summed E-state index contributed by atoms with van der Waals surface area (Å²) in [5, 5.41) is 2.86. The molecule has 0 saturated heterocycles. The highest BCUT2D eigenvalue weighted by molar-refractivity contribution is 5.76. The first-order valence-electron chi connectivity index (χ1n) is 9.81. The van der Waals surface area contributed by atoms with Crippen molar-refractivity contribution in [3.63, 3.8) is 0 Å². The number of benzene rings is 2. The van der Waals surface area contributed by atoms with Crippen molar-refractivity contribution >= 4 is 5.91 Å². The first-order valence-corrected chi connectivity index (χ1v) is 9.81. The van der Waals surface area contributed by atoms with Crippen molar-refractivity contribution in [2.24, 2.45) is 0 Å². The first kappa shape index (κ1) is 21.1. The number of hydrogen-bond donors (Lipinski definition) is 1. The molecular weight excluding hydrogens is 382 g/mol. The van der Waals surface area contributed by atoms with Crippen molar-refractivity contribution in [3.8, 4) is 11.4 Å². The number of rotatable bonds is 7. The second-order valence-corrected chi connectivity index (χ2v) is 7.01. The Labute approximate surface area is 174 Å². The van der Waals surface area contributed by atoms with Gasteiger partial charge < -0.3 is 10.1 Å². The maximum absolute atomic E-state index is 12.6. The average molecular weight is 407 g/mol. The molecule has 30 heavy (non-hydrogen) atoms. The number of ether oxygens (including phenoxy) is 1. The number of aromatic nitrogens is 2. The van der Waals surface area contributed by atoms with Gasteiger partial charge in [-0.3, -0.25) is 23.5 Å². The van der Waals surface area contributed by atoms with E-state index in [0.717, 1.165) is 15.7 Å². The van der Waals surface area contributed by atoms with Gasteiger partial charge in [0.05, 0.1) is 18.3 Å². The molecule has 2 aromatic carbocycles. The third-order valence-electron chi connectivity index (χ3n) is 4.75. The van der Waals surface area contributed by atoms with Gasteiger partial charge in [-0.15, -0.1) is 0 Å². The van der Waals surface area contributed by atoms with Gasteiger partial charge >= 0.3 is 11.1 Å². The van der Waals surface area contributed by atoms with Crippen LogP contribution in [-0.4, -0.2) is 21.6 Å². The van der Waals surface area contributed by atoms with Gasteiger partial charge in [-0.05, 0) is 38.5 Å². The van der Waals surface area contributed by atoms with E-state index in [-0.39, 0.29) is 18.5 Å². The molecule has 1 heterocycles. The Bertz CT molecular complexity index is 1150. The van der Waals surface area contributed by atoms with Crippen molar-refractivity contribution in [2.45, 2.75) is 33.4 Å². The summed E-state index contributed by atoms with van der Waals surface area (Å²) in [7, 11) is 0. The Balaban J connectivity index is 1.79.